The molecule has 0 aliphatic carbocycles. The summed E-state index contributed by atoms with van der Waals surface area (Å²) in [6.07, 6.45) is 4.12. The van der Waals surface area contributed by atoms with Gasteiger partial charge in [0, 0.05) is 37.6 Å². The van der Waals surface area contributed by atoms with E-state index in [0.29, 0.717) is 11.6 Å². The van der Waals surface area contributed by atoms with Gasteiger partial charge >= 0.3 is 0 Å². The minimum atomic E-state index is 0.0994. The second-order valence-electron chi connectivity index (χ2n) is 6.67. The average Bonchev–Trinajstić information content (AvgIpc) is 2.98. The summed E-state index contributed by atoms with van der Waals surface area (Å²) in [5.41, 5.74) is 1.63. The molecule has 1 aliphatic rings. The van der Waals surface area contributed by atoms with E-state index in [1.165, 1.54) is 12.8 Å². The number of likely N-dealkylation sites (N-methyl/N-ethyl adjacent to an activating group) is 2. The number of carbonyl (C=O) groups is 1. The lowest BCUT2D eigenvalue weighted by Gasteiger charge is -2.31. The molecule has 1 aromatic heterocycles. The number of rotatable bonds is 7. The molecule has 5 heteroatoms. The van der Waals surface area contributed by atoms with Gasteiger partial charge in [0.05, 0.1) is 5.56 Å². The van der Waals surface area contributed by atoms with Crippen LogP contribution in [0.3, 0.4) is 0 Å². The topological polar surface area (TPSA) is 39.7 Å². The van der Waals surface area contributed by atoms with E-state index in [-0.39, 0.29) is 5.91 Å². The fraction of sp³-hybridized carbons (Fsp3) is 0.667. The van der Waals surface area contributed by atoms with Crippen molar-refractivity contribution in [2.45, 2.75) is 32.7 Å². The maximum Gasteiger partial charge on any atom is 0.255 e. The van der Waals surface area contributed by atoms with Gasteiger partial charge in [-0.1, -0.05) is 6.92 Å². The standard InChI is InChI=1S/C18H30N4O/c1-5-21-10-6-7-17(21)14-22(12-11-20(3)4)18(23)16-9-8-15(2)19-13-16/h8-9,13,17H,5-7,10-12,14H2,1-4H3/t17-/m0/s1. The van der Waals surface area contributed by atoms with Crippen molar-refractivity contribution in [3.05, 3.63) is 29.6 Å². The fourth-order valence-electron chi connectivity index (χ4n) is 3.15. The molecular weight excluding hydrogens is 288 g/mol. The molecule has 1 aliphatic heterocycles. The molecule has 0 bridgehead atoms. The summed E-state index contributed by atoms with van der Waals surface area (Å²) in [5, 5.41) is 0. The van der Waals surface area contributed by atoms with Gasteiger partial charge in [0.15, 0.2) is 0 Å². The summed E-state index contributed by atoms with van der Waals surface area (Å²) in [7, 11) is 4.09. The monoisotopic (exact) mass is 318 g/mol. The van der Waals surface area contributed by atoms with E-state index in [1.807, 2.05) is 38.1 Å². The highest BCUT2D eigenvalue weighted by molar-refractivity contribution is 5.94. The van der Waals surface area contributed by atoms with Gasteiger partial charge in [0.25, 0.3) is 5.91 Å². The summed E-state index contributed by atoms with van der Waals surface area (Å²) in [6.45, 7) is 8.81. The van der Waals surface area contributed by atoms with Crippen molar-refractivity contribution in [2.24, 2.45) is 0 Å². The molecule has 0 saturated carbocycles. The first-order valence-corrected chi connectivity index (χ1v) is 8.62. The summed E-state index contributed by atoms with van der Waals surface area (Å²) >= 11 is 0. The maximum atomic E-state index is 12.9. The van der Waals surface area contributed by atoms with Gasteiger partial charge in [-0.2, -0.15) is 0 Å². The van der Waals surface area contributed by atoms with E-state index in [4.69, 9.17) is 0 Å². The number of carbonyl (C=O) groups excluding carboxylic acids is 1. The zero-order valence-electron chi connectivity index (χ0n) is 15.0. The van der Waals surface area contributed by atoms with Gasteiger partial charge in [-0.25, -0.2) is 0 Å². The summed E-state index contributed by atoms with van der Waals surface area (Å²) < 4.78 is 0. The first-order valence-electron chi connectivity index (χ1n) is 8.62. The molecule has 1 atom stereocenters. The zero-order chi connectivity index (χ0) is 16.8. The van der Waals surface area contributed by atoms with Gasteiger partial charge in [-0.15, -0.1) is 0 Å². The summed E-state index contributed by atoms with van der Waals surface area (Å²) in [5.74, 6) is 0.0994. The van der Waals surface area contributed by atoms with Gasteiger partial charge < -0.3 is 9.80 Å². The number of pyridine rings is 1. The van der Waals surface area contributed by atoms with E-state index >= 15 is 0 Å². The largest absolute Gasteiger partial charge is 0.336 e. The molecule has 0 unspecified atom stereocenters. The Kier molecular flexibility index (Phi) is 6.54. The number of nitrogens with zero attached hydrogens (tertiary/aromatic N) is 4. The number of hydrogen-bond donors (Lipinski definition) is 0. The van der Waals surface area contributed by atoms with Crippen LogP contribution >= 0.6 is 0 Å². The second-order valence-corrected chi connectivity index (χ2v) is 6.67. The van der Waals surface area contributed by atoms with Crippen LogP contribution in [0.2, 0.25) is 0 Å². The highest BCUT2D eigenvalue weighted by atomic mass is 16.2. The highest BCUT2D eigenvalue weighted by Gasteiger charge is 2.27. The molecule has 5 nitrogen and oxygen atoms in total. The molecule has 1 saturated heterocycles. The molecule has 0 aromatic carbocycles. The molecule has 2 heterocycles. The molecule has 23 heavy (non-hydrogen) atoms. The number of aromatic nitrogens is 1. The Morgan fingerprint density at radius 1 is 1.35 bits per heavy atom. The smallest absolute Gasteiger partial charge is 0.255 e. The summed E-state index contributed by atoms with van der Waals surface area (Å²) in [6, 6.07) is 4.29. The van der Waals surface area contributed by atoms with Crippen molar-refractivity contribution >= 4 is 5.91 Å². The molecule has 1 fully saturated rings. The van der Waals surface area contributed by atoms with E-state index in [9.17, 15) is 4.79 Å². The molecule has 1 aromatic rings. The van der Waals surface area contributed by atoms with E-state index in [0.717, 1.165) is 38.4 Å². The third-order valence-corrected chi connectivity index (χ3v) is 4.60. The van der Waals surface area contributed by atoms with Crippen molar-refractivity contribution in [2.75, 3.05) is 46.8 Å². The third kappa shape index (κ3) is 5.01. The molecule has 0 spiro atoms. The van der Waals surface area contributed by atoms with Gasteiger partial charge in [-0.3, -0.25) is 14.7 Å². The van der Waals surface area contributed by atoms with Gasteiger partial charge in [0.1, 0.15) is 0 Å². The lowest BCUT2D eigenvalue weighted by atomic mass is 10.1. The molecule has 128 valence electrons. The van der Waals surface area contributed by atoms with Crippen molar-refractivity contribution in [3.63, 3.8) is 0 Å². The minimum absolute atomic E-state index is 0.0994. The van der Waals surface area contributed by atoms with Crippen LogP contribution in [-0.2, 0) is 0 Å². The van der Waals surface area contributed by atoms with Crippen molar-refractivity contribution in [1.29, 1.82) is 0 Å². The number of aryl methyl sites for hydroxylation is 1. The third-order valence-electron chi connectivity index (χ3n) is 4.60. The Morgan fingerprint density at radius 3 is 2.74 bits per heavy atom. The SMILES string of the molecule is CCN1CCC[C@H]1CN(CCN(C)C)C(=O)c1ccc(C)nc1. The molecular formula is C18H30N4O. The maximum absolute atomic E-state index is 12.9. The molecule has 1 amide bonds. The normalized spacial score (nSPS) is 18.6. The number of amides is 1. The van der Waals surface area contributed by atoms with E-state index < -0.39 is 0 Å². The quantitative estimate of drug-likeness (QED) is 0.769. The Bertz CT molecular complexity index is 500. The van der Waals surface area contributed by atoms with E-state index in [2.05, 4.69) is 21.7 Å². The first kappa shape index (κ1) is 17.9. The average molecular weight is 318 g/mol. The lowest BCUT2D eigenvalue weighted by molar-refractivity contribution is 0.0694. The van der Waals surface area contributed by atoms with Gasteiger partial charge in [-0.05, 0) is 59.1 Å². The Hall–Kier alpha value is -1.46. The van der Waals surface area contributed by atoms with Crippen molar-refractivity contribution in [1.82, 2.24) is 19.7 Å². The lowest BCUT2D eigenvalue weighted by Crippen LogP contribution is -2.45. The fourth-order valence-corrected chi connectivity index (χ4v) is 3.15. The van der Waals surface area contributed by atoms with E-state index in [1.54, 1.807) is 6.20 Å². The Morgan fingerprint density at radius 2 is 2.13 bits per heavy atom. The van der Waals surface area contributed by atoms with Crippen molar-refractivity contribution in [3.8, 4) is 0 Å². The predicted octanol–water partition coefficient (Wildman–Crippen LogP) is 1.88. The zero-order valence-corrected chi connectivity index (χ0v) is 15.0. The highest BCUT2D eigenvalue weighted by Crippen LogP contribution is 2.18. The van der Waals surface area contributed by atoms with Crippen LogP contribution in [0.15, 0.2) is 18.3 Å². The molecule has 0 radical (unpaired) electrons. The van der Waals surface area contributed by atoms with Crippen LogP contribution in [0, 0.1) is 6.92 Å². The van der Waals surface area contributed by atoms with Crippen molar-refractivity contribution < 1.29 is 4.79 Å². The summed E-state index contributed by atoms with van der Waals surface area (Å²) in [4.78, 5) is 23.8. The van der Waals surface area contributed by atoms with Crippen LogP contribution < -0.4 is 0 Å². The predicted molar refractivity (Wildman–Crippen MR) is 93.7 cm³/mol. The Balaban J connectivity index is 2.09. The Labute approximate surface area is 140 Å². The van der Waals surface area contributed by atoms with Crippen LogP contribution in [0.1, 0.15) is 35.8 Å². The van der Waals surface area contributed by atoms with Crippen LogP contribution in [-0.4, -0.2) is 78.5 Å². The van der Waals surface area contributed by atoms with Gasteiger partial charge in [0.2, 0.25) is 0 Å². The van der Waals surface area contributed by atoms with Crippen LogP contribution in [0.25, 0.3) is 0 Å². The van der Waals surface area contributed by atoms with Crippen LogP contribution in [0.5, 0.6) is 0 Å². The second kappa shape index (κ2) is 8.41. The molecule has 0 N–H and O–H groups in total. The first-order chi connectivity index (χ1) is 11.0. The molecule has 2 rings (SSSR count). The van der Waals surface area contributed by atoms with Crippen LogP contribution in [0.4, 0.5) is 0 Å². The minimum Gasteiger partial charge on any atom is -0.336 e. The number of likely N-dealkylation sites (tertiary alicyclic amines) is 1. The number of hydrogen-bond acceptors (Lipinski definition) is 4.